The normalized spacial score (nSPS) is 18.6. The lowest BCUT2D eigenvalue weighted by atomic mass is 10.0. The maximum atomic E-state index is 13.0. The van der Waals surface area contributed by atoms with Crippen molar-refractivity contribution < 1.29 is 9.18 Å². The molecule has 1 aliphatic rings. The number of halogens is 1. The van der Waals surface area contributed by atoms with Crippen molar-refractivity contribution >= 4 is 6.03 Å². The summed E-state index contributed by atoms with van der Waals surface area (Å²) < 4.78 is 13.0. The molecule has 2 N–H and O–H groups in total. The lowest BCUT2D eigenvalue weighted by molar-refractivity contribution is 0.181. The van der Waals surface area contributed by atoms with Crippen LogP contribution in [0.15, 0.2) is 24.3 Å². The van der Waals surface area contributed by atoms with E-state index in [-0.39, 0.29) is 11.8 Å². The highest BCUT2D eigenvalue weighted by Gasteiger charge is 2.15. The highest BCUT2D eigenvalue weighted by molar-refractivity contribution is 5.73. The molecule has 1 aromatic carbocycles. The molecule has 128 valence electrons. The second kappa shape index (κ2) is 9.50. The van der Waals surface area contributed by atoms with E-state index in [9.17, 15) is 9.18 Å². The van der Waals surface area contributed by atoms with E-state index in [2.05, 4.69) is 22.5 Å². The summed E-state index contributed by atoms with van der Waals surface area (Å²) in [4.78, 5) is 14.2. The first-order chi connectivity index (χ1) is 11.1. The van der Waals surface area contributed by atoms with Crippen LogP contribution in [0.3, 0.4) is 0 Å². The Bertz CT molecular complexity index is 495. The van der Waals surface area contributed by atoms with Gasteiger partial charge in [-0.15, -0.1) is 0 Å². The van der Waals surface area contributed by atoms with E-state index in [1.807, 2.05) is 0 Å². The standard InChI is InChI=1S/C18H28FN3O/c1-15-6-5-11-22(14-15)10-3-2-9-20-18(23)21-13-16-7-4-8-17(19)12-16/h4,7-8,12,15H,2-3,5-6,9-11,13-14H2,1H3,(H2,20,21,23). The molecule has 0 bridgehead atoms. The van der Waals surface area contributed by atoms with Crippen LogP contribution in [0, 0.1) is 11.7 Å². The molecule has 0 spiro atoms. The molecule has 1 heterocycles. The predicted octanol–water partition coefficient (Wildman–Crippen LogP) is 3.14. The summed E-state index contributed by atoms with van der Waals surface area (Å²) >= 11 is 0. The number of nitrogens with one attached hydrogen (secondary N) is 2. The summed E-state index contributed by atoms with van der Waals surface area (Å²) in [6.45, 7) is 6.88. The Kier molecular flexibility index (Phi) is 7.33. The molecule has 2 amide bonds. The van der Waals surface area contributed by atoms with E-state index in [0.717, 1.165) is 30.9 Å². The number of piperidine rings is 1. The van der Waals surface area contributed by atoms with Gasteiger partial charge in [-0.05, 0) is 62.4 Å². The number of nitrogens with zero attached hydrogens (tertiary/aromatic N) is 1. The zero-order valence-corrected chi connectivity index (χ0v) is 14.0. The molecular weight excluding hydrogens is 293 g/mol. The van der Waals surface area contributed by atoms with Gasteiger partial charge in [0.05, 0.1) is 0 Å². The van der Waals surface area contributed by atoms with Crippen LogP contribution in [-0.2, 0) is 6.54 Å². The minimum Gasteiger partial charge on any atom is -0.338 e. The van der Waals surface area contributed by atoms with Crippen molar-refractivity contribution in [1.29, 1.82) is 0 Å². The average Bonchev–Trinajstić information content (AvgIpc) is 2.53. The minimum atomic E-state index is -0.281. The van der Waals surface area contributed by atoms with Gasteiger partial charge in [-0.3, -0.25) is 0 Å². The van der Waals surface area contributed by atoms with Gasteiger partial charge in [-0.1, -0.05) is 19.1 Å². The molecule has 0 saturated carbocycles. The fourth-order valence-electron chi connectivity index (χ4n) is 3.04. The van der Waals surface area contributed by atoms with Crippen molar-refractivity contribution in [3.8, 4) is 0 Å². The molecule has 1 fully saturated rings. The van der Waals surface area contributed by atoms with Gasteiger partial charge in [-0.2, -0.15) is 0 Å². The van der Waals surface area contributed by atoms with E-state index in [1.165, 1.54) is 38.1 Å². The largest absolute Gasteiger partial charge is 0.338 e. The lowest BCUT2D eigenvalue weighted by Crippen LogP contribution is -2.37. The summed E-state index contributed by atoms with van der Waals surface area (Å²) in [5.74, 6) is 0.534. The van der Waals surface area contributed by atoms with Crippen LogP contribution >= 0.6 is 0 Å². The number of hydrogen-bond donors (Lipinski definition) is 2. The Morgan fingerprint density at radius 2 is 2.22 bits per heavy atom. The van der Waals surface area contributed by atoms with E-state index in [1.54, 1.807) is 12.1 Å². The monoisotopic (exact) mass is 321 g/mol. The summed E-state index contributed by atoms with van der Waals surface area (Å²) in [7, 11) is 0. The molecule has 5 heteroatoms. The molecule has 0 aliphatic carbocycles. The third kappa shape index (κ3) is 6.99. The van der Waals surface area contributed by atoms with Crippen LogP contribution in [0.25, 0.3) is 0 Å². The molecule has 1 aliphatic heterocycles. The van der Waals surface area contributed by atoms with Crippen LogP contribution in [0.4, 0.5) is 9.18 Å². The summed E-state index contributed by atoms with van der Waals surface area (Å²) in [6.07, 6.45) is 4.75. The number of unbranched alkanes of at least 4 members (excludes halogenated alkanes) is 1. The van der Waals surface area contributed by atoms with Gasteiger partial charge in [0.25, 0.3) is 0 Å². The summed E-state index contributed by atoms with van der Waals surface area (Å²) in [6, 6.07) is 6.07. The number of carbonyl (C=O) groups excluding carboxylic acids is 1. The van der Waals surface area contributed by atoms with E-state index in [0.29, 0.717) is 13.1 Å². The highest BCUT2D eigenvalue weighted by atomic mass is 19.1. The molecule has 1 unspecified atom stereocenters. The number of urea groups is 1. The first-order valence-corrected chi connectivity index (χ1v) is 8.62. The number of rotatable bonds is 7. The second-order valence-corrected chi connectivity index (χ2v) is 6.49. The Morgan fingerprint density at radius 3 is 3.00 bits per heavy atom. The number of benzene rings is 1. The van der Waals surface area contributed by atoms with Crippen LogP contribution in [0.5, 0.6) is 0 Å². The van der Waals surface area contributed by atoms with Gasteiger partial charge in [0, 0.05) is 19.6 Å². The van der Waals surface area contributed by atoms with E-state index >= 15 is 0 Å². The Labute approximate surface area is 138 Å². The van der Waals surface area contributed by atoms with Crippen molar-refractivity contribution in [2.45, 2.75) is 39.2 Å². The Hall–Kier alpha value is -1.62. The molecule has 0 aromatic heterocycles. The summed E-state index contributed by atoms with van der Waals surface area (Å²) in [5.41, 5.74) is 0.763. The molecule has 0 radical (unpaired) electrons. The summed E-state index contributed by atoms with van der Waals surface area (Å²) in [5, 5.41) is 5.60. The third-order valence-corrected chi connectivity index (χ3v) is 4.27. The number of amides is 2. The zero-order chi connectivity index (χ0) is 16.5. The SMILES string of the molecule is CC1CCCN(CCCCNC(=O)NCc2cccc(F)c2)C1. The fraction of sp³-hybridized carbons (Fsp3) is 0.611. The van der Waals surface area contributed by atoms with Crippen molar-refractivity contribution in [2.24, 2.45) is 5.92 Å². The van der Waals surface area contributed by atoms with E-state index < -0.39 is 0 Å². The van der Waals surface area contributed by atoms with E-state index in [4.69, 9.17) is 0 Å². The molecule has 1 aromatic rings. The van der Waals surface area contributed by atoms with Gasteiger partial charge in [0.1, 0.15) is 5.82 Å². The van der Waals surface area contributed by atoms with Crippen molar-refractivity contribution in [2.75, 3.05) is 26.2 Å². The van der Waals surface area contributed by atoms with Crippen molar-refractivity contribution in [3.05, 3.63) is 35.6 Å². The molecule has 2 rings (SSSR count). The molecular formula is C18H28FN3O. The van der Waals surface area contributed by atoms with Gasteiger partial charge in [-0.25, -0.2) is 9.18 Å². The van der Waals surface area contributed by atoms with Gasteiger partial charge < -0.3 is 15.5 Å². The van der Waals surface area contributed by atoms with Gasteiger partial charge in [0.15, 0.2) is 0 Å². The van der Waals surface area contributed by atoms with Crippen LogP contribution in [0.1, 0.15) is 38.2 Å². The average molecular weight is 321 g/mol. The van der Waals surface area contributed by atoms with Crippen molar-refractivity contribution in [1.82, 2.24) is 15.5 Å². The number of carbonyl (C=O) groups is 1. The smallest absolute Gasteiger partial charge is 0.315 e. The van der Waals surface area contributed by atoms with Crippen molar-refractivity contribution in [3.63, 3.8) is 0 Å². The first kappa shape index (κ1) is 17.7. The van der Waals surface area contributed by atoms with Crippen LogP contribution < -0.4 is 10.6 Å². The topological polar surface area (TPSA) is 44.4 Å². The highest BCUT2D eigenvalue weighted by Crippen LogP contribution is 2.15. The predicted molar refractivity (Wildman–Crippen MR) is 90.7 cm³/mol. The second-order valence-electron chi connectivity index (χ2n) is 6.49. The lowest BCUT2D eigenvalue weighted by Gasteiger charge is -2.30. The molecule has 23 heavy (non-hydrogen) atoms. The third-order valence-electron chi connectivity index (χ3n) is 4.27. The van der Waals surface area contributed by atoms with Crippen LogP contribution in [0.2, 0.25) is 0 Å². The van der Waals surface area contributed by atoms with Gasteiger partial charge >= 0.3 is 6.03 Å². The van der Waals surface area contributed by atoms with Crippen LogP contribution in [-0.4, -0.2) is 37.1 Å². The van der Waals surface area contributed by atoms with Gasteiger partial charge in [0.2, 0.25) is 0 Å². The Morgan fingerprint density at radius 1 is 1.35 bits per heavy atom. The zero-order valence-electron chi connectivity index (χ0n) is 14.0. The maximum Gasteiger partial charge on any atom is 0.315 e. The minimum absolute atomic E-state index is 0.194. The maximum absolute atomic E-state index is 13.0. The fourth-order valence-corrected chi connectivity index (χ4v) is 3.04. The number of likely N-dealkylation sites (tertiary alicyclic amines) is 1. The quantitative estimate of drug-likeness (QED) is 0.758. The molecule has 4 nitrogen and oxygen atoms in total. The Balaban J connectivity index is 1.51. The number of hydrogen-bond acceptors (Lipinski definition) is 2. The molecule has 1 atom stereocenters. The molecule has 1 saturated heterocycles. The first-order valence-electron chi connectivity index (χ1n) is 8.62.